The van der Waals surface area contributed by atoms with E-state index in [-0.39, 0.29) is 6.04 Å². The molecule has 4 nitrogen and oxygen atoms in total. The first-order valence-corrected chi connectivity index (χ1v) is 10.1. The number of hydrogen-bond donors (Lipinski definition) is 2. The van der Waals surface area contributed by atoms with Crippen LogP contribution in [-0.2, 0) is 23.0 Å². The van der Waals surface area contributed by atoms with E-state index in [1.54, 1.807) is 23.9 Å². The number of hydrogen-bond acceptors (Lipinski definition) is 4. The lowest BCUT2D eigenvalue weighted by molar-refractivity contribution is 0.557. The first-order chi connectivity index (χ1) is 9.94. The zero-order valence-electron chi connectivity index (χ0n) is 13.3. The zero-order valence-corrected chi connectivity index (χ0v) is 14.9. The van der Waals surface area contributed by atoms with Gasteiger partial charge in [0.15, 0.2) is 0 Å². The number of sulfonamides is 1. The SMILES string of the molecule is CCc1ccc(S(=O)(=O)NC(C)CCSC)cc1CNC. The third-order valence-corrected chi connectivity index (χ3v) is 5.58. The molecule has 0 spiro atoms. The van der Waals surface area contributed by atoms with Crippen molar-refractivity contribution in [1.82, 2.24) is 10.0 Å². The predicted molar refractivity (Wildman–Crippen MR) is 91.4 cm³/mol. The Labute approximate surface area is 133 Å². The molecule has 0 amide bonds. The summed E-state index contributed by atoms with van der Waals surface area (Å²) in [5.41, 5.74) is 2.22. The van der Waals surface area contributed by atoms with Gasteiger partial charge in [-0.05, 0) is 62.1 Å². The van der Waals surface area contributed by atoms with Crippen LogP contribution in [-0.4, -0.2) is 33.5 Å². The van der Waals surface area contributed by atoms with E-state index in [0.29, 0.717) is 11.4 Å². The molecular weight excluding hydrogens is 304 g/mol. The normalized spacial score (nSPS) is 13.3. The number of thioether (sulfide) groups is 1. The molecule has 0 heterocycles. The summed E-state index contributed by atoms with van der Waals surface area (Å²) in [5.74, 6) is 0.948. The van der Waals surface area contributed by atoms with Crippen molar-refractivity contribution in [1.29, 1.82) is 0 Å². The van der Waals surface area contributed by atoms with Crippen LogP contribution in [0.2, 0.25) is 0 Å². The molecule has 1 unspecified atom stereocenters. The fraction of sp³-hybridized carbons (Fsp3) is 0.600. The minimum absolute atomic E-state index is 0.0546. The molecule has 1 aromatic carbocycles. The standard InChI is InChI=1S/C15H26N2O2S2/c1-5-13-6-7-15(10-14(13)11-16-3)21(18,19)17-12(2)8-9-20-4/h6-7,10,12,16-17H,5,8-9,11H2,1-4H3. The fourth-order valence-electron chi connectivity index (χ4n) is 2.16. The van der Waals surface area contributed by atoms with Crippen LogP contribution in [0.15, 0.2) is 23.1 Å². The van der Waals surface area contributed by atoms with Gasteiger partial charge >= 0.3 is 0 Å². The van der Waals surface area contributed by atoms with Gasteiger partial charge in [-0.25, -0.2) is 13.1 Å². The van der Waals surface area contributed by atoms with Crippen molar-refractivity contribution in [2.75, 3.05) is 19.1 Å². The molecule has 6 heteroatoms. The molecule has 21 heavy (non-hydrogen) atoms. The van der Waals surface area contributed by atoms with Gasteiger partial charge in [-0.2, -0.15) is 11.8 Å². The van der Waals surface area contributed by atoms with Gasteiger partial charge < -0.3 is 5.32 Å². The average molecular weight is 331 g/mol. The molecule has 120 valence electrons. The van der Waals surface area contributed by atoms with E-state index in [9.17, 15) is 8.42 Å². The lowest BCUT2D eigenvalue weighted by atomic mass is 10.1. The Morgan fingerprint density at radius 3 is 2.57 bits per heavy atom. The zero-order chi connectivity index (χ0) is 15.9. The van der Waals surface area contributed by atoms with Crippen molar-refractivity contribution in [3.05, 3.63) is 29.3 Å². The van der Waals surface area contributed by atoms with Gasteiger partial charge in [0.1, 0.15) is 0 Å². The van der Waals surface area contributed by atoms with Crippen molar-refractivity contribution < 1.29 is 8.42 Å². The van der Waals surface area contributed by atoms with Crippen LogP contribution in [0.1, 0.15) is 31.4 Å². The Hall–Kier alpha value is -0.560. The van der Waals surface area contributed by atoms with Crippen LogP contribution in [0.25, 0.3) is 0 Å². The van der Waals surface area contributed by atoms with Crippen molar-refractivity contribution in [2.24, 2.45) is 0 Å². The summed E-state index contributed by atoms with van der Waals surface area (Å²) < 4.78 is 27.6. The van der Waals surface area contributed by atoms with Gasteiger partial charge in [-0.3, -0.25) is 0 Å². The summed E-state index contributed by atoms with van der Waals surface area (Å²) in [6.07, 6.45) is 3.75. The second-order valence-corrected chi connectivity index (χ2v) is 7.82. The topological polar surface area (TPSA) is 58.2 Å². The Morgan fingerprint density at radius 2 is 2.00 bits per heavy atom. The third kappa shape index (κ3) is 5.62. The Kier molecular flexibility index (Phi) is 7.73. The van der Waals surface area contributed by atoms with E-state index in [1.807, 2.05) is 26.3 Å². The molecule has 0 aliphatic heterocycles. The van der Waals surface area contributed by atoms with Crippen molar-refractivity contribution in [3.8, 4) is 0 Å². The van der Waals surface area contributed by atoms with Crippen molar-refractivity contribution >= 4 is 21.8 Å². The Morgan fingerprint density at radius 1 is 1.29 bits per heavy atom. The number of benzene rings is 1. The number of rotatable bonds is 9. The Bertz CT molecular complexity index is 545. The molecular formula is C15H26N2O2S2. The van der Waals surface area contributed by atoms with E-state index in [4.69, 9.17) is 0 Å². The van der Waals surface area contributed by atoms with Gasteiger partial charge in [0, 0.05) is 12.6 Å². The second-order valence-electron chi connectivity index (χ2n) is 5.12. The maximum Gasteiger partial charge on any atom is 0.240 e. The van der Waals surface area contributed by atoms with Crippen molar-refractivity contribution in [3.63, 3.8) is 0 Å². The maximum absolute atomic E-state index is 12.4. The first-order valence-electron chi connectivity index (χ1n) is 7.22. The molecule has 0 aliphatic carbocycles. The largest absolute Gasteiger partial charge is 0.316 e. The van der Waals surface area contributed by atoms with Gasteiger partial charge in [0.2, 0.25) is 10.0 Å². The Balaban J connectivity index is 2.94. The van der Waals surface area contributed by atoms with Crippen LogP contribution in [0, 0.1) is 0 Å². The van der Waals surface area contributed by atoms with Crippen LogP contribution in [0.3, 0.4) is 0 Å². The van der Waals surface area contributed by atoms with E-state index < -0.39 is 10.0 Å². The summed E-state index contributed by atoms with van der Waals surface area (Å²) in [4.78, 5) is 0.348. The molecule has 1 aromatic rings. The van der Waals surface area contributed by atoms with E-state index in [2.05, 4.69) is 17.0 Å². The molecule has 0 aromatic heterocycles. The molecule has 2 N–H and O–H groups in total. The molecule has 0 saturated heterocycles. The van der Waals surface area contributed by atoms with E-state index in [0.717, 1.165) is 24.2 Å². The van der Waals surface area contributed by atoms with E-state index in [1.165, 1.54) is 5.56 Å². The first kappa shape index (κ1) is 18.5. The minimum Gasteiger partial charge on any atom is -0.316 e. The lowest BCUT2D eigenvalue weighted by Crippen LogP contribution is -2.33. The highest BCUT2D eigenvalue weighted by Crippen LogP contribution is 2.17. The quantitative estimate of drug-likeness (QED) is 0.730. The second kappa shape index (κ2) is 8.78. The van der Waals surface area contributed by atoms with Crippen LogP contribution in [0.5, 0.6) is 0 Å². The van der Waals surface area contributed by atoms with Crippen LogP contribution >= 0.6 is 11.8 Å². The van der Waals surface area contributed by atoms with Gasteiger partial charge in [-0.1, -0.05) is 13.0 Å². The smallest absolute Gasteiger partial charge is 0.240 e. The highest BCUT2D eigenvalue weighted by molar-refractivity contribution is 7.98. The molecule has 0 fully saturated rings. The summed E-state index contributed by atoms with van der Waals surface area (Å²) >= 11 is 1.72. The van der Waals surface area contributed by atoms with Crippen molar-refractivity contribution in [2.45, 2.75) is 44.2 Å². The predicted octanol–water partition coefficient (Wildman–Crippen LogP) is 2.39. The highest BCUT2D eigenvalue weighted by atomic mass is 32.2. The molecule has 1 rings (SSSR count). The monoisotopic (exact) mass is 330 g/mol. The summed E-state index contributed by atoms with van der Waals surface area (Å²) in [6.45, 7) is 4.66. The summed E-state index contributed by atoms with van der Waals surface area (Å²) in [7, 11) is -1.58. The van der Waals surface area contributed by atoms with Gasteiger partial charge in [0.05, 0.1) is 4.90 Å². The average Bonchev–Trinajstić information content (AvgIpc) is 2.45. The molecule has 0 bridgehead atoms. The summed E-state index contributed by atoms with van der Waals surface area (Å²) in [5, 5.41) is 3.09. The summed E-state index contributed by atoms with van der Waals surface area (Å²) in [6, 6.07) is 5.33. The molecule has 0 aliphatic rings. The van der Waals surface area contributed by atoms with Crippen LogP contribution in [0.4, 0.5) is 0 Å². The molecule has 0 radical (unpaired) electrons. The maximum atomic E-state index is 12.4. The number of nitrogens with one attached hydrogen (secondary N) is 2. The third-order valence-electron chi connectivity index (χ3n) is 3.35. The number of aryl methyl sites for hydroxylation is 1. The van der Waals surface area contributed by atoms with Crippen LogP contribution < -0.4 is 10.0 Å². The van der Waals surface area contributed by atoms with E-state index >= 15 is 0 Å². The van der Waals surface area contributed by atoms with Gasteiger partial charge in [0.25, 0.3) is 0 Å². The fourth-order valence-corrected chi connectivity index (χ4v) is 4.07. The molecule has 0 saturated carbocycles. The van der Waals surface area contributed by atoms with Gasteiger partial charge in [-0.15, -0.1) is 0 Å². The minimum atomic E-state index is -3.44. The highest BCUT2D eigenvalue weighted by Gasteiger charge is 2.18. The lowest BCUT2D eigenvalue weighted by Gasteiger charge is -2.15. The molecule has 1 atom stereocenters.